The topological polar surface area (TPSA) is 58.9 Å². The van der Waals surface area contributed by atoms with Crippen LogP contribution in [0.2, 0.25) is 0 Å². The summed E-state index contributed by atoms with van der Waals surface area (Å²) in [5.41, 5.74) is 2.37. The average molecular weight is 409 g/mol. The maximum absolute atomic E-state index is 14.3. The molecule has 1 N–H and O–H groups in total. The molecule has 0 saturated carbocycles. The first kappa shape index (κ1) is 20.3. The molecule has 4 rings (SSSR count). The van der Waals surface area contributed by atoms with Crippen molar-refractivity contribution in [3.8, 4) is 11.3 Å². The quantitative estimate of drug-likeness (QED) is 0.645. The summed E-state index contributed by atoms with van der Waals surface area (Å²) in [4.78, 5) is 16.0. The molecule has 1 saturated heterocycles. The molecule has 7 heteroatoms. The zero-order valence-corrected chi connectivity index (χ0v) is 17.9. The van der Waals surface area contributed by atoms with Crippen LogP contribution in [0.5, 0.6) is 0 Å². The van der Waals surface area contributed by atoms with E-state index in [1.54, 1.807) is 18.5 Å². The number of hydrogen-bond donors (Lipinski definition) is 1. The molecular formula is C23H29FN6. The number of aromatic nitrogens is 4. The minimum atomic E-state index is -0.223. The molecule has 0 radical (unpaired) electrons. The summed E-state index contributed by atoms with van der Waals surface area (Å²) in [6.45, 7) is 6.95. The summed E-state index contributed by atoms with van der Waals surface area (Å²) in [5.74, 6) is 3.08. The molecule has 30 heavy (non-hydrogen) atoms. The second kappa shape index (κ2) is 8.81. The monoisotopic (exact) mass is 408 g/mol. The predicted octanol–water partition coefficient (Wildman–Crippen LogP) is 4.62. The number of nitrogens with zero attached hydrogens (tertiary/aromatic N) is 5. The number of benzene rings is 1. The zero-order chi connectivity index (χ0) is 21.1. The van der Waals surface area contributed by atoms with Gasteiger partial charge in [0.25, 0.3) is 0 Å². The summed E-state index contributed by atoms with van der Waals surface area (Å²) < 4.78 is 16.5. The van der Waals surface area contributed by atoms with Crippen LogP contribution in [0.1, 0.15) is 43.5 Å². The molecule has 1 fully saturated rings. The molecule has 0 unspecified atom stereocenters. The normalized spacial score (nSPS) is 14.9. The van der Waals surface area contributed by atoms with Gasteiger partial charge in [0.15, 0.2) is 0 Å². The lowest BCUT2D eigenvalue weighted by atomic mass is 9.95. The van der Waals surface area contributed by atoms with Crippen LogP contribution in [0.15, 0.2) is 36.8 Å². The summed E-state index contributed by atoms with van der Waals surface area (Å²) in [5, 5.41) is 3.13. The Kier molecular flexibility index (Phi) is 5.97. The van der Waals surface area contributed by atoms with Crippen LogP contribution in [-0.2, 0) is 6.54 Å². The summed E-state index contributed by atoms with van der Waals surface area (Å²) in [6, 6.07) is 6.87. The fourth-order valence-electron chi connectivity index (χ4n) is 4.34. The summed E-state index contributed by atoms with van der Waals surface area (Å²) in [6.07, 6.45) is 6.64. The largest absolute Gasteiger partial charge is 0.373 e. The van der Waals surface area contributed by atoms with Gasteiger partial charge in [-0.05, 0) is 38.3 Å². The van der Waals surface area contributed by atoms with E-state index >= 15 is 0 Å². The minimum absolute atomic E-state index is 0.223. The van der Waals surface area contributed by atoms with Crippen molar-refractivity contribution in [3.63, 3.8) is 0 Å². The van der Waals surface area contributed by atoms with Crippen LogP contribution in [0.4, 0.5) is 16.0 Å². The number of nitrogens with one attached hydrogen (secondary N) is 1. The lowest BCUT2D eigenvalue weighted by Gasteiger charge is -2.33. The Bertz CT molecular complexity index is 1010. The van der Waals surface area contributed by atoms with Crippen molar-refractivity contribution >= 4 is 11.6 Å². The Balaban J connectivity index is 1.55. The molecule has 0 aliphatic carbocycles. The zero-order valence-electron chi connectivity index (χ0n) is 17.9. The number of rotatable bonds is 6. The van der Waals surface area contributed by atoms with Crippen molar-refractivity contribution in [3.05, 3.63) is 54.0 Å². The number of halogens is 1. The predicted molar refractivity (Wildman–Crippen MR) is 118 cm³/mol. The number of hydrogen-bond acceptors (Lipinski definition) is 5. The second-order valence-corrected chi connectivity index (χ2v) is 7.84. The van der Waals surface area contributed by atoms with E-state index < -0.39 is 0 Å². The van der Waals surface area contributed by atoms with Gasteiger partial charge in [0.2, 0.25) is 0 Å². The van der Waals surface area contributed by atoms with E-state index in [0.717, 1.165) is 67.6 Å². The number of piperidine rings is 1. The first-order valence-corrected chi connectivity index (χ1v) is 10.7. The third-order valence-corrected chi connectivity index (χ3v) is 5.88. The van der Waals surface area contributed by atoms with Gasteiger partial charge < -0.3 is 14.8 Å². The van der Waals surface area contributed by atoms with Crippen LogP contribution in [0.25, 0.3) is 11.3 Å². The maximum atomic E-state index is 14.3. The molecule has 0 spiro atoms. The maximum Gasteiger partial charge on any atom is 0.137 e. The second-order valence-electron chi connectivity index (χ2n) is 7.84. The Morgan fingerprint density at radius 2 is 1.93 bits per heavy atom. The van der Waals surface area contributed by atoms with Gasteiger partial charge in [-0.2, -0.15) is 0 Å². The molecule has 1 aliphatic rings. The lowest BCUT2D eigenvalue weighted by Crippen LogP contribution is -2.35. The third-order valence-electron chi connectivity index (χ3n) is 5.88. The first-order valence-electron chi connectivity index (χ1n) is 10.7. The molecule has 1 aromatic carbocycles. The highest BCUT2D eigenvalue weighted by molar-refractivity contribution is 5.60. The standard InChI is InChI=1S/C23H29FN6/c1-4-11-30-14-20(18-7-5-6-8-19(18)24)28-23(30)17-9-12-29(13-10-17)22-16(2)21(25-3)26-15-27-22/h5-8,14-15,17H,4,9-13H2,1-3H3,(H,25,26,27). The van der Waals surface area contributed by atoms with Crippen LogP contribution in [0.3, 0.4) is 0 Å². The highest BCUT2D eigenvalue weighted by atomic mass is 19.1. The van der Waals surface area contributed by atoms with Gasteiger partial charge in [0.05, 0.1) is 5.69 Å². The van der Waals surface area contributed by atoms with Crippen molar-refractivity contribution in [1.29, 1.82) is 0 Å². The molecule has 0 amide bonds. The van der Waals surface area contributed by atoms with E-state index in [1.807, 2.05) is 19.3 Å². The molecule has 0 bridgehead atoms. The molecular weight excluding hydrogens is 379 g/mol. The molecule has 1 aliphatic heterocycles. The fourth-order valence-corrected chi connectivity index (χ4v) is 4.34. The Hall–Kier alpha value is -2.96. The van der Waals surface area contributed by atoms with Crippen molar-refractivity contribution < 1.29 is 4.39 Å². The van der Waals surface area contributed by atoms with E-state index in [9.17, 15) is 4.39 Å². The van der Waals surface area contributed by atoms with Crippen molar-refractivity contribution in [2.24, 2.45) is 0 Å². The minimum Gasteiger partial charge on any atom is -0.373 e. The van der Waals surface area contributed by atoms with E-state index in [-0.39, 0.29) is 5.82 Å². The lowest BCUT2D eigenvalue weighted by molar-refractivity contribution is 0.461. The number of anilines is 2. The van der Waals surface area contributed by atoms with E-state index in [4.69, 9.17) is 4.98 Å². The van der Waals surface area contributed by atoms with Crippen LogP contribution < -0.4 is 10.2 Å². The Morgan fingerprint density at radius 3 is 2.63 bits per heavy atom. The third kappa shape index (κ3) is 3.88. The molecule has 6 nitrogen and oxygen atoms in total. The first-order chi connectivity index (χ1) is 14.6. The van der Waals surface area contributed by atoms with Crippen LogP contribution in [-0.4, -0.2) is 39.7 Å². The fraction of sp³-hybridized carbons (Fsp3) is 0.435. The van der Waals surface area contributed by atoms with E-state index in [0.29, 0.717) is 11.5 Å². The average Bonchev–Trinajstić information content (AvgIpc) is 3.18. The van der Waals surface area contributed by atoms with Crippen molar-refractivity contribution in [2.75, 3.05) is 30.4 Å². The highest BCUT2D eigenvalue weighted by Crippen LogP contribution is 2.33. The highest BCUT2D eigenvalue weighted by Gasteiger charge is 2.27. The van der Waals surface area contributed by atoms with Crippen molar-refractivity contribution in [2.45, 2.75) is 45.6 Å². The van der Waals surface area contributed by atoms with E-state index in [1.165, 1.54) is 6.07 Å². The SMILES string of the molecule is CCCn1cc(-c2ccccc2F)nc1C1CCN(c2ncnc(NC)c2C)CC1. The van der Waals surface area contributed by atoms with Crippen molar-refractivity contribution in [1.82, 2.24) is 19.5 Å². The van der Waals surface area contributed by atoms with Gasteiger partial charge in [-0.3, -0.25) is 0 Å². The summed E-state index contributed by atoms with van der Waals surface area (Å²) >= 11 is 0. The van der Waals surface area contributed by atoms with Crippen LogP contribution >= 0.6 is 0 Å². The number of imidazole rings is 1. The van der Waals surface area contributed by atoms with Gasteiger partial charge in [0.1, 0.15) is 29.6 Å². The molecule has 3 heterocycles. The Labute approximate surface area is 177 Å². The summed E-state index contributed by atoms with van der Waals surface area (Å²) in [7, 11) is 1.88. The molecule has 158 valence electrons. The van der Waals surface area contributed by atoms with Gasteiger partial charge in [-0.1, -0.05) is 19.1 Å². The van der Waals surface area contributed by atoms with Gasteiger partial charge in [-0.15, -0.1) is 0 Å². The molecule has 3 aromatic rings. The van der Waals surface area contributed by atoms with Gasteiger partial charge in [0, 0.05) is 49.9 Å². The molecule has 0 atom stereocenters. The van der Waals surface area contributed by atoms with Gasteiger partial charge >= 0.3 is 0 Å². The van der Waals surface area contributed by atoms with E-state index in [2.05, 4.69) is 38.6 Å². The smallest absolute Gasteiger partial charge is 0.137 e. The number of aryl methyl sites for hydroxylation is 1. The van der Waals surface area contributed by atoms with Crippen LogP contribution in [0, 0.1) is 12.7 Å². The molecule has 2 aromatic heterocycles. The Morgan fingerprint density at radius 1 is 1.17 bits per heavy atom. The van der Waals surface area contributed by atoms with Gasteiger partial charge in [-0.25, -0.2) is 19.3 Å².